The molecule has 17 heavy (non-hydrogen) atoms. The molecule has 1 nitrogen and oxygen atoms in total. The standard InChI is InChI=1S/C15H22ClN/c1-11(12-4-6-13(16)7-5-12)17-14-8-9-15(2,3)10-14/h4-7,11,14,17H,8-10H2,1-3H3/t11-,14?/m1/s1. The molecule has 1 N–H and O–H groups in total. The van der Waals surface area contributed by atoms with E-state index >= 15 is 0 Å². The Balaban J connectivity index is 1.93. The quantitative estimate of drug-likeness (QED) is 0.830. The van der Waals surface area contributed by atoms with Crippen molar-refractivity contribution in [2.75, 3.05) is 0 Å². The van der Waals surface area contributed by atoms with Gasteiger partial charge in [-0.2, -0.15) is 0 Å². The first kappa shape index (κ1) is 12.9. The third kappa shape index (κ3) is 3.46. The lowest BCUT2D eigenvalue weighted by Gasteiger charge is -2.22. The van der Waals surface area contributed by atoms with E-state index in [-0.39, 0.29) is 0 Å². The molecule has 0 radical (unpaired) electrons. The monoisotopic (exact) mass is 251 g/mol. The van der Waals surface area contributed by atoms with Crippen molar-refractivity contribution in [1.29, 1.82) is 0 Å². The minimum absolute atomic E-state index is 0.408. The molecule has 1 aliphatic rings. The first-order valence-electron chi connectivity index (χ1n) is 6.48. The van der Waals surface area contributed by atoms with E-state index in [1.54, 1.807) is 0 Å². The molecule has 1 fully saturated rings. The van der Waals surface area contributed by atoms with Gasteiger partial charge in [0, 0.05) is 17.1 Å². The van der Waals surface area contributed by atoms with Crippen molar-refractivity contribution in [3.05, 3.63) is 34.9 Å². The van der Waals surface area contributed by atoms with Crippen molar-refractivity contribution in [2.24, 2.45) is 5.41 Å². The smallest absolute Gasteiger partial charge is 0.0406 e. The fourth-order valence-corrected chi connectivity index (χ4v) is 2.91. The molecule has 1 aromatic rings. The van der Waals surface area contributed by atoms with Gasteiger partial charge in [-0.1, -0.05) is 37.6 Å². The van der Waals surface area contributed by atoms with E-state index in [4.69, 9.17) is 11.6 Å². The molecule has 2 rings (SSSR count). The summed E-state index contributed by atoms with van der Waals surface area (Å²) in [5, 5.41) is 4.54. The minimum atomic E-state index is 0.408. The molecule has 0 aromatic heterocycles. The SMILES string of the molecule is C[C@@H](NC1CCC(C)(C)C1)c1ccc(Cl)cc1. The molecule has 2 atom stereocenters. The van der Waals surface area contributed by atoms with Crippen LogP contribution in [-0.4, -0.2) is 6.04 Å². The number of nitrogens with one attached hydrogen (secondary N) is 1. The highest BCUT2D eigenvalue weighted by Gasteiger charge is 2.31. The molecule has 1 saturated carbocycles. The third-order valence-electron chi connectivity index (χ3n) is 3.82. The van der Waals surface area contributed by atoms with Crippen LogP contribution >= 0.6 is 11.6 Å². The zero-order chi connectivity index (χ0) is 12.5. The first-order chi connectivity index (χ1) is 7.96. The maximum atomic E-state index is 5.90. The van der Waals surface area contributed by atoms with Crippen LogP contribution < -0.4 is 5.32 Å². The molecule has 0 bridgehead atoms. The van der Waals surface area contributed by atoms with Crippen molar-refractivity contribution in [3.63, 3.8) is 0 Å². The molecule has 2 heteroatoms. The van der Waals surface area contributed by atoms with Gasteiger partial charge in [0.2, 0.25) is 0 Å². The molecule has 0 aliphatic heterocycles. The number of rotatable bonds is 3. The normalized spacial score (nSPS) is 24.8. The summed E-state index contributed by atoms with van der Waals surface area (Å²) in [6.07, 6.45) is 3.91. The Labute approximate surface area is 110 Å². The average Bonchev–Trinajstić information content (AvgIpc) is 2.59. The summed E-state index contributed by atoms with van der Waals surface area (Å²) >= 11 is 5.90. The summed E-state index contributed by atoms with van der Waals surface area (Å²) in [5.41, 5.74) is 1.83. The molecular formula is C15H22ClN. The highest BCUT2D eigenvalue weighted by Crippen LogP contribution is 2.37. The van der Waals surface area contributed by atoms with Gasteiger partial charge in [0.05, 0.1) is 0 Å². The molecule has 0 heterocycles. The van der Waals surface area contributed by atoms with Gasteiger partial charge in [-0.05, 0) is 49.3 Å². The largest absolute Gasteiger partial charge is 0.307 e. The summed E-state index contributed by atoms with van der Waals surface area (Å²) in [4.78, 5) is 0. The summed E-state index contributed by atoms with van der Waals surface area (Å²) in [6.45, 7) is 6.96. The zero-order valence-electron chi connectivity index (χ0n) is 11.0. The molecule has 0 saturated heterocycles. The Kier molecular flexibility index (Phi) is 3.79. The topological polar surface area (TPSA) is 12.0 Å². The summed E-state index contributed by atoms with van der Waals surface area (Å²) in [5.74, 6) is 0. The number of halogens is 1. The Morgan fingerprint density at radius 1 is 1.29 bits per heavy atom. The van der Waals surface area contributed by atoms with Gasteiger partial charge in [0.1, 0.15) is 0 Å². The van der Waals surface area contributed by atoms with Gasteiger partial charge < -0.3 is 5.32 Å². The lowest BCUT2D eigenvalue weighted by molar-refractivity contribution is 0.356. The van der Waals surface area contributed by atoms with Gasteiger partial charge in [0.15, 0.2) is 0 Å². The Hall–Kier alpha value is -0.530. The zero-order valence-corrected chi connectivity index (χ0v) is 11.7. The van der Waals surface area contributed by atoms with Crippen molar-refractivity contribution in [3.8, 4) is 0 Å². The van der Waals surface area contributed by atoms with E-state index in [1.165, 1.54) is 24.8 Å². The second-order valence-corrected chi connectivity index (χ2v) is 6.48. The Bertz CT molecular complexity index is 369. The van der Waals surface area contributed by atoms with E-state index in [9.17, 15) is 0 Å². The maximum Gasteiger partial charge on any atom is 0.0406 e. The number of benzene rings is 1. The van der Waals surface area contributed by atoms with Crippen molar-refractivity contribution < 1.29 is 0 Å². The van der Waals surface area contributed by atoms with Gasteiger partial charge in [-0.3, -0.25) is 0 Å². The van der Waals surface area contributed by atoms with E-state index in [0.717, 1.165) is 5.02 Å². The van der Waals surface area contributed by atoms with Crippen molar-refractivity contribution in [2.45, 2.75) is 52.1 Å². The van der Waals surface area contributed by atoms with Gasteiger partial charge in [-0.25, -0.2) is 0 Å². The Morgan fingerprint density at radius 2 is 1.94 bits per heavy atom. The Morgan fingerprint density at radius 3 is 2.47 bits per heavy atom. The second kappa shape index (κ2) is 4.99. The van der Waals surface area contributed by atoms with Crippen LogP contribution in [0.3, 0.4) is 0 Å². The molecule has 1 aromatic carbocycles. The van der Waals surface area contributed by atoms with Crippen LogP contribution in [0.4, 0.5) is 0 Å². The van der Waals surface area contributed by atoms with E-state index in [0.29, 0.717) is 17.5 Å². The van der Waals surface area contributed by atoms with Crippen LogP contribution in [0.15, 0.2) is 24.3 Å². The van der Waals surface area contributed by atoms with E-state index in [2.05, 4.69) is 38.2 Å². The van der Waals surface area contributed by atoms with Crippen LogP contribution in [-0.2, 0) is 0 Å². The summed E-state index contributed by atoms with van der Waals surface area (Å²) < 4.78 is 0. The molecule has 1 aliphatic carbocycles. The highest BCUT2D eigenvalue weighted by molar-refractivity contribution is 6.30. The predicted octanol–water partition coefficient (Wildman–Crippen LogP) is 4.57. The third-order valence-corrected chi connectivity index (χ3v) is 4.08. The average molecular weight is 252 g/mol. The summed E-state index contributed by atoms with van der Waals surface area (Å²) in [6, 6.07) is 9.23. The fraction of sp³-hybridized carbons (Fsp3) is 0.600. The van der Waals surface area contributed by atoms with Crippen LogP contribution in [0, 0.1) is 5.41 Å². The lowest BCUT2D eigenvalue weighted by Crippen LogP contribution is -2.30. The molecule has 94 valence electrons. The van der Waals surface area contributed by atoms with Crippen molar-refractivity contribution >= 4 is 11.6 Å². The first-order valence-corrected chi connectivity index (χ1v) is 6.86. The minimum Gasteiger partial charge on any atom is -0.307 e. The van der Waals surface area contributed by atoms with E-state index in [1.807, 2.05) is 12.1 Å². The van der Waals surface area contributed by atoms with Crippen LogP contribution in [0.25, 0.3) is 0 Å². The van der Waals surface area contributed by atoms with Gasteiger partial charge in [0.25, 0.3) is 0 Å². The van der Waals surface area contributed by atoms with Gasteiger partial charge >= 0.3 is 0 Å². The fourth-order valence-electron chi connectivity index (χ4n) is 2.78. The van der Waals surface area contributed by atoms with Crippen molar-refractivity contribution in [1.82, 2.24) is 5.32 Å². The predicted molar refractivity (Wildman–Crippen MR) is 74.4 cm³/mol. The molecule has 1 unspecified atom stereocenters. The van der Waals surface area contributed by atoms with Crippen LogP contribution in [0.1, 0.15) is 51.6 Å². The maximum absolute atomic E-state index is 5.90. The number of hydrogen-bond acceptors (Lipinski definition) is 1. The molecule has 0 amide bonds. The number of hydrogen-bond donors (Lipinski definition) is 1. The molecule has 0 spiro atoms. The molecular weight excluding hydrogens is 230 g/mol. The highest BCUT2D eigenvalue weighted by atomic mass is 35.5. The van der Waals surface area contributed by atoms with Gasteiger partial charge in [-0.15, -0.1) is 0 Å². The summed E-state index contributed by atoms with van der Waals surface area (Å²) in [7, 11) is 0. The van der Waals surface area contributed by atoms with Crippen LogP contribution in [0.2, 0.25) is 5.02 Å². The second-order valence-electron chi connectivity index (χ2n) is 6.04. The van der Waals surface area contributed by atoms with E-state index < -0.39 is 0 Å². The lowest BCUT2D eigenvalue weighted by atomic mass is 9.91. The van der Waals surface area contributed by atoms with Crippen LogP contribution in [0.5, 0.6) is 0 Å².